The molecule has 1 aliphatic rings. The van der Waals surface area contributed by atoms with E-state index in [-0.39, 0.29) is 12.5 Å². The summed E-state index contributed by atoms with van der Waals surface area (Å²) in [6, 6.07) is 8.34. The average Bonchev–Trinajstić information content (AvgIpc) is 3.06. The molecule has 0 aliphatic carbocycles. The van der Waals surface area contributed by atoms with Crippen molar-refractivity contribution in [1.82, 2.24) is 30.4 Å². The Bertz CT molecular complexity index is 677. The summed E-state index contributed by atoms with van der Waals surface area (Å²) in [4.78, 5) is 14.6. The Labute approximate surface area is 148 Å². The molecule has 1 fully saturated rings. The Morgan fingerprint density at radius 1 is 1.20 bits per heavy atom. The summed E-state index contributed by atoms with van der Waals surface area (Å²) >= 11 is 0. The van der Waals surface area contributed by atoms with Crippen LogP contribution < -0.4 is 5.32 Å². The van der Waals surface area contributed by atoms with Crippen LogP contribution in [0.2, 0.25) is 0 Å². The van der Waals surface area contributed by atoms with Crippen molar-refractivity contribution in [3.05, 3.63) is 41.7 Å². The van der Waals surface area contributed by atoms with E-state index < -0.39 is 0 Å². The molecule has 1 saturated heterocycles. The van der Waals surface area contributed by atoms with E-state index in [4.69, 9.17) is 0 Å². The summed E-state index contributed by atoms with van der Waals surface area (Å²) in [5.41, 5.74) is 2.45. The number of piperidine rings is 1. The number of benzene rings is 1. The predicted octanol–water partition coefficient (Wildman–Crippen LogP) is 1.47. The van der Waals surface area contributed by atoms with Gasteiger partial charge in [-0.1, -0.05) is 38.1 Å². The third-order valence-corrected chi connectivity index (χ3v) is 4.63. The molecule has 1 N–H and O–H groups in total. The largest absolute Gasteiger partial charge is 0.350 e. The molecule has 7 nitrogen and oxygen atoms in total. The summed E-state index contributed by atoms with van der Waals surface area (Å²) in [5.74, 6) is 1.39. The van der Waals surface area contributed by atoms with Gasteiger partial charge >= 0.3 is 0 Å². The van der Waals surface area contributed by atoms with Crippen LogP contribution in [0.5, 0.6) is 0 Å². The molecule has 2 atom stereocenters. The second kappa shape index (κ2) is 8.20. The van der Waals surface area contributed by atoms with Crippen molar-refractivity contribution in [1.29, 1.82) is 0 Å². The van der Waals surface area contributed by atoms with E-state index in [0.29, 0.717) is 6.54 Å². The summed E-state index contributed by atoms with van der Waals surface area (Å²) in [6.45, 7) is 8.54. The fourth-order valence-electron chi connectivity index (χ4n) is 3.70. The van der Waals surface area contributed by atoms with Gasteiger partial charge in [0.1, 0.15) is 12.9 Å². The number of amides is 1. The SMILES string of the molecule is CC1CC(C)CN(Cc2ccccc2CNC(=O)Cn2cnnn2)C1. The smallest absolute Gasteiger partial charge is 0.242 e. The highest BCUT2D eigenvalue weighted by Gasteiger charge is 2.22. The highest BCUT2D eigenvalue weighted by atomic mass is 16.2. The van der Waals surface area contributed by atoms with Gasteiger partial charge in [-0.15, -0.1) is 5.10 Å². The molecule has 1 aromatic heterocycles. The number of nitrogens with zero attached hydrogens (tertiary/aromatic N) is 5. The van der Waals surface area contributed by atoms with Gasteiger partial charge < -0.3 is 5.32 Å². The van der Waals surface area contributed by atoms with Crippen molar-refractivity contribution in [2.75, 3.05) is 13.1 Å². The lowest BCUT2D eigenvalue weighted by atomic mass is 9.91. The van der Waals surface area contributed by atoms with Crippen molar-refractivity contribution in [2.24, 2.45) is 11.8 Å². The molecule has 7 heteroatoms. The lowest BCUT2D eigenvalue weighted by Gasteiger charge is -2.35. The first-order valence-corrected chi connectivity index (χ1v) is 8.86. The highest BCUT2D eigenvalue weighted by molar-refractivity contribution is 5.75. The highest BCUT2D eigenvalue weighted by Crippen LogP contribution is 2.23. The quantitative estimate of drug-likeness (QED) is 0.860. The van der Waals surface area contributed by atoms with E-state index in [1.165, 1.54) is 28.6 Å². The summed E-state index contributed by atoms with van der Waals surface area (Å²) in [5, 5.41) is 13.7. The molecule has 1 aliphatic heterocycles. The number of hydrogen-bond acceptors (Lipinski definition) is 5. The van der Waals surface area contributed by atoms with Crippen LogP contribution in [0.4, 0.5) is 0 Å². The van der Waals surface area contributed by atoms with Crippen LogP contribution in [0.1, 0.15) is 31.4 Å². The van der Waals surface area contributed by atoms with E-state index in [0.717, 1.165) is 31.5 Å². The second-order valence-corrected chi connectivity index (χ2v) is 7.19. The van der Waals surface area contributed by atoms with Gasteiger partial charge in [0.15, 0.2) is 0 Å². The van der Waals surface area contributed by atoms with Crippen LogP contribution in [0.3, 0.4) is 0 Å². The van der Waals surface area contributed by atoms with Crippen LogP contribution >= 0.6 is 0 Å². The summed E-state index contributed by atoms with van der Waals surface area (Å²) in [6.07, 6.45) is 2.75. The Balaban J connectivity index is 1.58. The first-order chi connectivity index (χ1) is 12.1. The van der Waals surface area contributed by atoms with Crippen molar-refractivity contribution >= 4 is 5.91 Å². The van der Waals surface area contributed by atoms with Gasteiger partial charge in [-0.05, 0) is 39.8 Å². The van der Waals surface area contributed by atoms with Crippen LogP contribution in [0, 0.1) is 11.8 Å². The zero-order valence-corrected chi connectivity index (χ0v) is 14.9. The Hall–Kier alpha value is -2.28. The zero-order chi connectivity index (χ0) is 17.6. The summed E-state index contributed by atoms with van der Waals surface area (Å²) < 4.78 is 1.41. The van der Waals surface area contributed by atoms with Gasteiger partial charge in [0.25, 0.3) is 0 Å². The molecule has 1 aromatic carbocycles. The predicted molar refractivity (Wildman–Crippen MR) is 94.3 cm³/mol. The van der Waals surface area contributed by atoms with Crippen molar-refractivity contribution in [3.63, 3.8) is 0 Å². The molecule has 0 bridgehead atoms. The molecule has 0 saturated carbocycles. The van der Waals surface area contributed by atoms with Crippen LogP contribution in [0.15, 0.2) is 30.6 Å². The molecule has 2 aromatic rings. The standard InChI is InChI=1S/C18H26N6O/c1-14-7-15(2)10-23(9-14)11-17-6-4-3-5-16(17)8-19-18(25)12-24-13-20-21-22-24/h3-6,13-15H,7-12H2,1-2H3,(H,19,25). The Kier molecular flexibility index (Phi) is 5.75. The number of rotatable bonds is 6. The van der Waals surface area contributed by atoms with E-state index in [1.807, 2.05) is 6.07 Å². The maximum Gasteiger partial charge on any atom is 0.242 e. The van der Waals surface area contributed by atoms with Crippen LogP contribution in [-0.4, -0.2) is 44.1 Å². The van der Waals surface area contributed by atoms with Gasteiger partial charge in [-0.2, -0.15) is 0 Å². The topological polar surface area (TPSA) is 75.9 Å². The molecule has 2 heterocycles. The minimum Gasteiger partial charge on any atom is -0.350 e. The molecule has 2 unspecified atom stereocenters. The van der Waals surface area contributed by atoms with E-state index in [9.17, 15) is 4.79 Å². The lowest BCUT2D eigenvalue weighted by Crippen LogP contribution is -2.38. The molecule has 25 heavy (non-hydrogen) atoms. The Morgan fingerprint density at radius 3 is 2.60 bits per heavy atom. The van der Waals surface area contributed by atoms with Gasteiger partial charge in [0.2, 0.25) is 5.91 Å². The fraction of sp³-hybridized carbons (Fsp3) is 0.556. The maximum atomic E-state index is 12.0. The van der Waals surface area contributed by atoms with Gasteiger partial charge in [0.05, 0.1) is 0 Å². The minimum absolute atomic E-state index is 0.0951. The van der Waals surface area contributed by atoms with Crippen LogP contribution in [-0.2, 0) is 24.4 Å². The number of hydrogen-bond donors (Lipinski definition) is 1. The number of tetrazole rings is 1. The number of carbonyl (C=O) groups excluding carboxylic acids is 1. The second-order valence-electron chi connectivity index (χ2n) is 7.19. The number of carbonyl (C=O) groups is 1. The molecule has 3 rings (SSSR count). The van der Waals surface area contributed by atoms with E-state index >= 15 is 0 Å². The first-order valence-electron chi connectivity index (χ1n) is 8.86. The molecule has 0 spiro atoms. The number of aromatic nitrogens is 4. The van der Waals surface area contributed by atoms with Crippen LogP contribution in [0.25, 0.3) is 0 Å². The fourth-order valence-corrected chi connectivity index (χ4v) is 3.70. The monoisotopic (exact) mass is 342 g/mol. The van der Waals surface area contributed by atoms with E-state index in [2.05, 4.69) is 57.8 Å². The normalized spacial score (nSPS) is 21.2. The molecule has 1 amide bonds. The van der Waals surface area contributed by atoms with Crippen molar-refractivity contribution in [3.8, 4) is 0 Å². The van der Waals surface area contributed by atoms with Crippen molar-refractivity contribution < 1.29 is 4.79 Å². The minimum atomic E-state index is -0.0951. The van der Waals surface area contributed by atoms with E-state index in [1.54, 1.807) is 0 Å². The maximum absolute atomic E-state index is 12.0. The van der Waals surface area contributed by atoms with Crippen molar-refractivity contribution in [2.45, 2.75) is 39.9 Å². The Morgan fingerprint density at radius 2 is 1.92 bits per heavy atom. The van der Waals surface area contributed by atoms with Gasteiger partial charge in [-0.3, -0.25) is 9.69 Å². The molecular weight excluding hydrogens is 316 g/mol. The molecule has 0 radical (unpaired) electrons. The van der Waals surface area contributed by atoms with Gasteiger partial charge in [0, 0.05) is 26.2 Å². The van der Waals surface area contributed by atoms with Gasteiger partial charge in [-0.25, -0.2) is 4.68 Å². The number of nitrogens with one attached hydrogen (secondary N) is 1. The number of likely N-dealkylation sites (tertiary alicyclic amines) is 1. The zero-order valence-electron chi connectivity index (χ0n) is 14.9. The third kappa shape index (κ3) is 5.09. The average molecular weight is 342 g/mol. The molecular formula is C18H26N6O. The summed E-state index contributed by atoms with van der Waals surface area (Å²) in [7, 11) is 0. The molecule has 134 valence electrons. The third-order valence-electron chi connectivity index (χ3n) is 4.63. The lowest BCUT2D eigenvalue weighted by molar-refractivity contribution is -0.122. The first kappa shape index (κ1) is 17.5.